The van der Waals surface area contributed by atoms with Crippen molar-refractivity contribution >= 4 is 22.7 Å². The van der Waals surface area contributed by atoms with Crippen LogP contribution in [0.4, 0.5) is 0 Å². The predicted octanol–water partition coefficient (Wildman–Crippen LogP) is 1.68. The SMILES string of the molecule is NCCSc1cnnc2ccccc12. The molecule has 14 heavy (non-hydrogen) atoms. The predicted molar refractivity (Wildman–Crippen MR) is 59.3 cm³/mol. The minimum atomic E-state index is 0.682. The van der Waals surface area contributed by atoms with Crippen molar-refractivity contribution in [3.8, 4) is 0 Å². The van der Waals surface area contributed by atoms with E-state index in [-0.39, 0.29) is 0 Å². The highest BCUT2D eigenvalue weighted by Crippen LogP contribution is 2.24. The third-order valence-corrected chi connectivity index (χ3v) is 2.96. The van der Waals surface area contributed by atoms with Gasteiger partial charge in [-0.2, -0.15) is 10.2 Å². The van der Waals surface area contributed by atoms with Gasteiger partial charge in [0.1, 0.15) is 0 Å². The first kappa shape index (κ1) is 9.43. The molecule has 0 aliphatic carbocycles. The summed E-state index contributed by atoms with van der Waals surface area (Å²) in [6.07, 6.45) is 1.79. The molecule has 0 fully saturated rings. The molecule has 0 bridgehead atoms. The largest absolute Gasteiger partial charge is 0.330 e. The fraction of sp³-hybridized carbons (Fsp3) is 0.200. The van der Waals surface area contributed by atoms with Crippen LogP contribution < -0.4 is 5.73 Å². The summed E-state index contributed by atoms with van der Waals surface area (Å²) in [6, 6.07) is 8.00. The number of hydrogen-bond acceptors (Lipinski definition) is 4. The van der Waals surface area contributed by atoms with Crippen molar-refractivity contribution in [3.05, 3.63) is 30.5 Å². The Morgan fingerprint density at radius 3 is 3.00 bits per heavy atom. The molecule has 0 unspecified atom stereocenters. The van der Waals surface area contributed by atoms with Gasteiger partial charge in [0.15, 0.2) is 0 Å². The topological polar surface area (TPSA) is 51.8 Å². The lowest BCUT2D eigenvalue weighted by atomic mass is 10.2. The van der Waals surface area contributed by atoms with Crippen molar-refractivity contribution in [2.75, 3.05) is 12.3 Å². The number of rotatable bonds is 3. The molecule has 2 aromatic rings. The Bertz CT molecular complexity index is 425. The second-order valence-corrected chi connectivity index (χ2v) is 4.00. The first-order chi connectivity index (χ1) is 6.92. The Morgan fingerprint density at radius 2 is 2.14 bits per heavy atom. The number of fused-ring (bicyclic) bond motifs is 1. The maximum Gasteiger partial charge on any atom is 0.0940 e. The Morgan fingerprint density at radius 1 is 1.29 bits per heavy atom. The fourth-order valence-electron chi connectivity index (χ4n) is 1.27. The Hall–Kier alpha value is -1.13. The maximum absolute atomic E-state index is 5.46. The van der Waals surface area contributed by atoms with Gasteiger partial charge in [0, 0.05) is 22.6 Å². The van der Waals surface area contributed by atoms with Crippen LogP contribution in [0.5, 0.6) is 0 Å². The van der Waals surface area contributed by atoms with Gasteiger partial charge in [-0.15, -0.1) is 11.8 Å². The molecule has 0 amide bonds. The molecular weight excluding hydrogens is 194 g/mol. The summed E-state index contributed by atoms with van der Waals surface area (Å²) in [5, 5.41) is 9.16. The first-order valence-corrected chi connectivity index (χ1v) is 5.43. The third kappa shape index (κ3) is 1.86. The van der Waals surface area contributed by atoms with Crippen molar-refractivity contribution in [1.29, 1.82) is 0 Å². The van der Waals surface area contributed by atoms with Crippen LogP contribution in [0.2, 0.25) is 0 Å². The summed E-state index contributed by atoms with van der Waals surface area (Å²) in [6.45, 7) is 0.682. The quantitative estimate of drug-likeness (QED) is 0.775. The Kier molecular flexibility index (Phi) is 2.96. The van der Waals surface area contributed by atoms with Crippen LogP contribution in [0.15, 0.2) is 35.4 Å². The highest BCUT2D eigenvalue weighted by atomic mass is 32.2. The minimum Gasteiger partial charge on any atom is -0.330 e. The van der Waals surface area contributed by atoms with E-state index in [1.165, 1.54) is 0 Å². The van der Waals surface area contributed by atoms with E-state index in [1.807, 2.05) is 18.2 Å². The molecular formula is C10H11N3S. The van der Waals surface area contributed by atoms with Gasteiger partial charge in [0.05, 0.1) is 11.7 Å². The van der Waals surface area contributed by atoms with Crippen LogP contribution in [0.25, 0.3) is 10.9 Å². The van der Waals surface area contributed by atoms with Gasteiger partial charge in [-0.1, -0.05) is 18.2 Å². The molecule has 1 aromatic heterocycles. The van der Waals surface area contributed by atoms with Crippen LogP contribution in [0.3, 0.4) is 0 Å². The number of nitrogens with two attached hydrogens (primary N) is 1. The van der Waals surface area contributed by atoms with Crippen molar-refractivity contribution < 1.29 is 0 Å². The lowest BCUT2D eigenvalue weighted by molar-refractivity contribution is 1.04. The fourth-order valence-corrected chi connectivity index (χ4v) is 2.05. The van der Waals surface area contributed by atoms with Crippen molar-refractivity contribution in [2.24, 2.45) is 5.73 Å². The number of nitrogens with zero attached hydrogens (tertiary/aromatic N) is 2. The monoisotopic (exact) mass is 205 g/mol. The van der Waals surface area contributed by atoms with Gasteiger partial charge in [0.25, 0.3) is 0 Å². The van der Waals surface area contributed by atoms with Crippen molar-refractivity contribution in [1.82, 2.24) is 10.2 Å². The third-order valence-electron chi connectivity index (χ3n) is 1.89. The standard InChI is InChI=1S/C10H11N3S/c11-5-6-14-10-7-12-13-9-4-2-1-3-8(9)10/h1-4,7H,5-6,11H2. The van der Waals surface area contributed by atoms with Crippen LogP contribution in [0.1, 0.15) is 0 Å². The van der Waals surface area contributed by atoms with Crippen LogP contribution in [0, 0.1) is 0 Å². The van der Waals surface area contributed by atoms with Crippen LogP contribution in [-0.4, -0.2) is 22.5 Å². The molecule has 72 valence electrons. The number of benzene rings is 1. The first-order valence-electron chi connectivity index (χ1n) is 4.45. The van der Waals surface area contributed by atoms with Gasteiger partial charge in [-0.3, -0.25) is 0 Å². The molecule has 0 saturated heterocycles. The molecule has 2 rings (SSSR count). The summed E-state index contributed by atoms with van der Waals surface area (Å²) < 4.78 is 0. The van der Waals surface area contributed by atoms with Crippen LogP contribution >= 0.6 is 11.8 Å². The normalized spacial score (nSPS) is 10.6. The lowest BCUT2D eigenvalue weighted by Gasteiger charge is -2.02. The second kappa shape index (κ2) is 4.39. The van der Waals surface area contributed by atoms with Crippen molar-refractivity contribution in [2.45, 2.75) is 4.90 Å². The Labute approximate surface area is 86.7 Å². The molecule has 3 nitrogen and oxygen atoms in total. The number of aromatic nitrogens is 2. The summed E-state index contributed by atoms with van der Waals surface area (Å²) in [4.78, 5) is 1.15. The van der Waals surface area contributed by atoms with Gasteiger partial charge in [-0.05, 0) is 6.07 Å². The molecule has 0 spiro atoms. The molecule has 4 heteroatoms. The van der Waals surface area contributed by atoms with E-state index in [9.17, 15) is 0 Å². The highest BCUT2D eigenvalue weighted by Gasteiger charge is 2.01. The lowest BCUT2D eigenvalue weighted by Crippen LogP contribution is -2.01. The molecule has 0 radical (unpaired) electrons. The number of thioether (sulfide) groups is 1. The zero-order chi connectivity index (χ0) is 9.80. The summed E-state index contributed by atoms with van der Waals surface area (Å²) in [5.41, 5.74) is 6.40. The molecule has 0 aliphatic rings. The van der Waals surface area contributed by atoms with E-state index < -0.39 is 0 Å². The summed E-state index contributed by atoms with van der Waals surface area (Å²) in [5.74, 6) is 0.912. The average molecular weight is 205 g/mol. The van der Waals surface area contributed by atoms with Gasteiger partial charge in [0.2, 0.25) is 0 Å². The van der Waals surface area contributed by atoms with Gasteiger partial charge < -0.3 is 5.73 Å². The van der Waals surface area contributed by atoms with E-state index in [4.69, 9.17) is 5.73 Å². The average Bonchev–Trinajstić information content (AvgIpc) is 2.26. The van der Waals surface area contributed by atoms with E-state index >= 15 is 0 Å². The highest BCUT2D eigenvalue weighted by molar-refractivity contribution is 7.99. The molecule has 0 aliphatic heterocycles. The molecule has 0 saturated carbocycles. The minimum absolute atomic E-state index is 0.682. The molecule has 0 atom stereocenters. The van der Waals surface area contributed by atoms with Gasteiger partial charge in [-0.25, -0.2) is 0 Å². The second-order valence-electron chi connectivity index (χ2n) is 2.86. The van der Waals surface area contributed by atoms with Crippen LogP contribution in [-0.2, 0) is 0 Å². The van der Waals surface area contributed by atoms with Gasteiger partial charge >= 0.3 is 0 Å². The summed E-state index contributed by atoms with van der Waals surface area (Å²) >= 11 is 1.72. The zero-order valence-corrected chi connectivity index (χ0v) is 8.50. The number of hydrogen-bond donors (Lipinski definition) is 1. The van der Waals surface area contributed by atoms with E-state index in [1.54, 1.807) is 18.0 Å². The van der Waals surface area contributed by atoms with E-state index in [0.29, 0.717) is 6.54 Å². The Balaban J connectivity index is 2.43. The van der Waals surface area contributed by atoms with E-state index in [2.05, 4.69) is 16.3 Å². The molecule has 2 N–H and O–H groups in total. The molecule has 1 heterocycles. The zero-order valence-electron chi connectivity index (χ0n) is 7.68. The summed E-state index contributed by atoms with van der Waals surface area (Å²) in [7, 11) is 0. The smallest absolute Gasteiger partial charge is 0.0940 e. The molecule has 1 aromatic carbocycles. The van der Waals surface area contributed by atoms with Crippen molar-refractivity contribution in [3.63, 3.8) is 0 Å². The van der Waals surface area contributed by atoms with E-state index in [0.717, 1.165) is 21.6 Å². The maximum atomic E-state index is 5.46.